The molecular weight excluding hydrogens is 450 g/mol. The van der Waals surface area contributed by atoms with Crippen molar-refractivity contribution in [2.75, 3.05) is 38.2 Å². The minimum atomic E-state index is -0.370. The van der Waals surface area contributed by atoms with Crippen molar-refractivity contribution in [2.24, 2.45) is 0 Å². The molecule has 3 aromatic rings. The largest absolute Gasteiger partial charge is 0.378 e. The van der Waals surface area contributed by atoms with Gasteiger partial charge in [0.25, 0.3) is 5.91 Å². The highest BCUT2D eigenvalue weighted by Crippen LogP contribution is 2.29. The normalized spacial score (nSPS) is 14.0. The smallest absolute Gasteiger partial charge is 0.253 e. The summed E-state index contributed by atoms with van der Waals surface area (Å²) in [6, 6.07) is 12.3. The molecule has 184 valence electrons. The van der Waals surface area contributed by atoms with Crippen molar-refractivity contribution in [3.05, 3.63) is 88.4 Å². The molecule has 4 rings (SSSR count). The number of piperazine rings is 1. The highest BCUT2D eigenvalue weighted by molar-refractivity contribution is 5.94. The van der Waals surface area contributed by atoms with E-state index in [0.717, 1.165) is 17.1 Å². The van der Waals surface area contributed by atoms with Gasteiger partial charge in [-0.2, -0.15) is 0 Å². The summed E-state index contributed by atoms with van der Waals surface area (Å²) in [5.41, 5.74) is 2.61. The van der Waals surface area contributed by atoms with Crippen LogP contribution in [0, 0.1) is 11.6 Å². The molecule has 0 unspecified atom stereocenters. The summed E-state index contributed by atoms with van der Waals surface area (Å²) in [6.45, 7) is 6.49. The maximum absolute atomic E-state index is 14.5. The number of halogens is 2. The third-order valence-corrected chi connectivity index (χ3v) is 6.17. The Balaban J connectivity index is 1.63. The van der Waals surface area contributed by atoms with Gasteiger partial charge in [-0.3, -0.25) is 4.79 Å². The fourth-order valence-corrected chi connectivity index (χ4v) is 4.22. The number of methoxy groups -OCH3 is 1. The van der Waals surface area contributed by atoms with Gasteiger partial charge < -0.3 is 14.5 Å². The summed E-state index contributed by atoms with van der Waals surface area (Å²) in [5.74, 6) is 0.798. The zero-order chi connectivity index (χ0) is 24.9. The molecule has 2 heterocycles. The Hall–Kier alpha value is -3.39. The van der Waals surface area contributed by atoms with Crippen LogP contribution in [-0.2, 0) is 17.8 Å². The van der Waals surface area contributed by atoms with Crippen LogP contribution in [0.3, 0.4) is 0 Å². The second-order valence-corrected chi connectivity index (χ2v) is 8.97. The van der Waals surface area contributed by atoms with Crippen LogP contribution in [0.4, 0.5) is 14.6 Å². The van der Waals surface area contributed by atoms with Crippen molar-refractivity contribution in [1.29, 1.82) is 0 Å². The molecule has 0 N–H and O–H groups in total. The number of anilines is 1. The molecular formula is C27H30F2N4O2. The SMILES string of the molecule is COCc1nc(C(C)C)nc(N2CCN(C(=O)c3ccc(F)cc3)CC2)c1Cc1ccccc1F. The molecule has 8 heteroatoms. The lowest BCUT2D eigenvalue weighted by Crippen LogP contribution is -2.49. The standard InChI is InChI=1S/C27H30F2N4O2/c1-18(2)25-30-24(17-35-3)22(16-20-6-4-5-7-23(20)29)26(31-25)32-12-14-33(15-13-32)27(34)19-8-10-21(28)11-9-19/h4-11,18H,12-17H2,1-3H3. The maximum atomic E-state index is 14.5. The van der Waals surface area contributed by atoms with E-state index in [1.165, 1.54) is 30.3 Å². The number of carbonyl (C=O) groups is 1. The van der Waals surface area contributed by atoms with Crippen molar-refractivity contribution >= 4 is 11.7 Å². The first kappa shape index (κ1) is 24.7. The molecule has 0 aliphatic carbocycles. The first-order chi connectivity index (χ1) is 16.9. The maximum Gasteiger partial charge on any atom is 0.253 e. The molecule has 1 saturated heterocycles. The number of hydrogen-bond acceptors (Lipinski definition) is 5. The van der Waals surface area contributed by atoms with Crippen LogP contribution in [-0.4, -0.2) is 54.1 Å². The first-order valence-electron chi connectivity index (χ1n) is 11.8. The van der Waals surface area contributed by atoms with Gasteiger partial charge in [-0.05, 0) is 35.9 Å². The quantitative estimate of drug-likeness (QED) is 0.496. The molecule has 35 heavy (non-hydrogen) atoms. The molecule has 0 atom stereocenters. The van der Waals surface area contributed by atoms with E-state index in [0.29, 0.717) is 56.2 Å². The molecule has 2 aromatic carbocycles. The molecule has 1 aliphatic heterocycles. The van der Waals surface area contributed by atoms with Crippen molar-refractivity contribution in [1.82, 2.24) is 14.9 Å². The van der Waals surface area contributed by atoms with E-state index >= 15 is 0 Å². The number of benzene rings is 2. The Bertz CT molecular complexity index is 1180. The predicted octanol–water partition coefficient (Wildman–Crippen LogP) is 4.58. The molecule has 0 saturated carbocycles. The van der Waals surface area contributed by atoms with Crippen LogP contribution in [0.15, 0.2) is 48.5 Å². The Labute approximate surface area is 204 Å². The highest BCUT2D eigenvalue weighted by atomic mass is 19.1. The Kier molecular flexibility index (Phi) is 7.70. The molecule has 0 radical (unpaired) electrons. The average Bonchev–Trinajstić information content (AvgIpc) is 2.86. The van der Waals surface area contributed by atoms with Gasteiger partial charge in [-0.25, -0.2) is 18.7 Å². The number of aromatic nitrogens is 2. The number of rotatable bonds is 7. The van der Waals surface area contributed by atoms with E-state index in [-0.39, 0.29) is 23.5 Å². The Morgan fingerprint density at radius 1 is 1.00 bits per heavy atom. The minimum absolute atomic E-state index is 0.105. The van der Waals surface area contributed by atoms with Gasteiger partial charge in [0.15, 0.2) is 0 Å². The van der Waals surface area contributed by atoms with Crippen LogP contribution in [0.25, 0.3) is 0 Å². The van der Waals surface area contributed by atoms with Crippen LogP contribution < -0.4 is 4.90 Å². The number of nitrogens with zero attached hydrogens (tertiary/aromatic N) is 4. The first-order valence-corrected chi connectivity index (χ1v) is 11.8. The van der Waals surface area contributed by atoms with Gasteiger partial charge in [-0.15, -0.1) is 0 Å². The van der Waals surface area contributed by atoms with Gasteiger partial charge in [-0.1, -0.05) is 32.0 Å². The fraction of sp³-hybridized carbons (Fsp3) is 0.370. The van der Waals surface area contributed by atoms with E-state index in [2.05, 4.69) is 4.90 Å². The van der Waals surface area contributed by atoms with Gasteiger partial charge >= 0.3 is 0 Å². The van der Waals surface area contributed by atoms with Gasteiger partial charge in [0.05, 0.1) is 12.3 Å². The Morgan fingerprint density at radius 2 is 1.69 bits per heavy atom. The summed E-state index contributed by atoms with van der Waals surface area (Å²) in [5, 5.41) is 0. The zero-order valence-electron chi connectivity index (χ0n) is 20.3. The fourth-order valence-electron chi connectivity index (χ4n) is 4.22. The second-order valence-electron chi connectivity index (χ2n) is 8.97. The molecule has 0 bridgehead atoms. The van der Waals surface area contributed by atoms with Crippen LogP contribution in [0.2, 0.25) is 0 Å². The summed E-state index contributed by atoms with van der Waals surface area (Å²) >= 11 is 0. The molecule has 6 nitrogen and oxygen atoms in total. The number of carbonyl (C=O) groups excluding carboxylic acids is 1. The lowest BCUT2D eigenvalue weighted by molar-refractivity contribution is 0.0746. The van der Waals surface area contributed by atoms with E-state index < -0.39 is 0 Å². The Morgan fingerprint density at radius 3 is 2.31 bits per heavy atom. The third kappa shape index (κ3) is 5.65. The van der Waals surface area contributed by atoms with Crippen molar-refractivity contribution in [3.8, 4) is 0 Å². The van der Waals surface area contributed by atoms with E-state index in [4.69, 9.17) is 14.7 Å². The predicted molar refractivity (Wildman–Crippen MR) is 131 cm³/mol. The van der Waals surface area contributed by atoms with Gasteiger partial charge in [0.2, 0.25) is 0 Å². The van der Waals surface area contributed by atoms with Crippen LogP contribution in [0.1, 0.15) is 52.8 Å². The molecule has 1 aliphatic rings. The average molecular weight is 481 g/mol. The minimum Gasteiger partial charge on any atom is -0.378 e. The lowest BCUT2D eigenvalue weighted by atomic mass is 10.0. The summed E-state index contributed by atoms with van der Waals surface area (Å²) < 4.78 is 33.2. The van der Waals surface area contributed by atoms with Crippen LogP contribution in [0.5, 0.6) is 0 Å². The van der Waals surface area contributed by atoms with E-state index in [1.807, 2.05) is 19.9 Å². The van der Waals surface area contributed by atoms with Gasteiger partial charge in [0.1, 0.15) is 23.3 Å². The molecule has 1 amide bonds. The van der Waals surface area contributed by atoms with Crippen molar-refractivity contribution < 1.29 is 18.3 Å². The summed E-state index contributed by atoms with van der Waals surface area (Å²) in [6.07, 6.45) is 0.341. The van der Waals surface area contributed by atoms with Crippen LogP contribution >= 0.6 is 0 Å². The molecule has 0 spiro atoms. The third-order valence-electron chi connectivity index (χ3n) is 6.17. The monoisotopic (exact) mass is 480 g/mol. The van der Waals surface area contributed by atoms with E-state index in [9.17, 15) is 13.6 Å². The summed E-state index contributed by atoms with van der Waals surface area (Å²) in [4.78, 5) is 26.4. The van der Waals surface area contributed by atoms with Crippen molar-refractivity contribution in [2.45, 2.75) is 32.8 Å². The van der Waals surface area contributed by atoms with E-state index in [1.54, 1.807) is 24.1 Å². The molecule has 1 aromatic heterocycles. The van der Waals surface area contributed by atoms with Crippen molar-refractivity contribution in [3.63, 3.8) is 0 Å². The topological polar surface area (TPSA) is 58.6 Å². The number of amides is 1. The zero-order valence-corrected chi connectivity index (χ0v) is 20.3. The number of ether oxygens (including phenoxy) is 1. The molecule has 1 fully saturated rings. The summed E-state index contributed by atoms with van der Waals surface area (Å²) in [7, 11) is 1.61. The second kappa shape index (κ2) is 10.9. The lowest BCUT2D eigenvalue weighted by Gasteiger charge is -2.37. The number of hydrogen-bond donors (Lipinski definition) is 0. The highest BCUT2D eigenvalue weighted by Gasteiger charge is 2.27. The van der Waals surface area contributed by atoms with Gasteiger partial charge in [0, 0.05) is 56.8 Å².